The topological polar surface area (TPSA) is 116 Å². The highest BCUT2D eigenvalue weighted by atomic mass is 16.5. The van der Waals surface area contributed by atoms with E-state index in [9.17, 15) is 20.1 Å². The van der Waals surface area contributed by atoms with Gasteiger partial charge >= 0.3 is 0 Å². The molecule has 1 fully saturated rings. The Labute approximate surface area is 164 Å². The van der Waals surface area contributed by atoms with Gasteiger partial charge in [-0.05, 0) is 37.8 Å². The van der Waals surface area contributed by atoms with Crippen molar-refractivity contribution in [3.8, 4) is 5.75 Å². The maximum Gasteiger partial charge on any atom is 0.270 e. The summed E-state index contributed by atoms with van der Waals surface area (Å²) in [5.74, 6) is 0.631. The highest BCUT2D eigenvalue weighted by molar-refractivity contribution is 5.95. The molecule has 0 spiro atoms. The van der Waals surface area contributed by atoms with Crippen molar-refractivity contribution in [1.29, 1.82) is 0 Å². The molecule has 0 aliphatic heterocycles. The summed E-state index contributed by atoms with van der Waals surface area (Å²) in [4.78, 5) is 17.3. The summed E-state index contributed by atoms with van der Waals surface area (Å²) in [6.07, 6.45) is 7.85. The van der Waals surface area contributed by atoms with E-state index in [1.165, 1.54) is 32.1 Å². The number of hydrogen-bond donors (Lipinski definition) is 4. The van der Waals surface area contributed by atoms with Gasteiger partial charge in [0.05, 0.1) is 32.1 Å². The van der Waals surface area contributed by atoms with Gasteiger partial charge in [0.25, 0.3) is 5.91 Å². The van der Waals surface area contributed by atoms with Crippen molar-refractivity contribution in [2.24, 2.45) is 5.92 Å². The normalized spacial score (nSPS) is 15.7. The Kier molecular flexibility index (Phi) is 6.53. The van der Waals surface area contributed by atoms with E-state index >= 15 is 0 Å². The van der Waals surface area contributed by atoms with E-state index < -0.39 is 31.3 Å². The average Bonchev–Trinajstić information content (AvgIpc) is 3.07. The van der Waals surface area contributed by atoms with E-state index in [0.29, 0.717) is 29.6 Å². The average molecular weight is 391 g/mol. The Morgan fingerprint density at radius 1 is 1.25 bits per heavy atom. The third kappa shape index (κ3) is 4.14. The van der Waals surface area contributed by atoms with Gasteiger partial charge in [-0.25, -0.2) is 4.98 Å². The fraction of sp³-hybridized carbons (Fsp3) is 0.600. The van der Waals surface area contributed by atoms with Crippen molar-refractivity contribution in [3.05, 3.63) is 29.7 Å². The second-order valence-electron chi connectivity index (χ2n) is 7.64. The SMILES string of the molecule is Cc1nc2c(OCC3CCCCC3)cccn2c1C(=O)NC(CO)(CO)CO. The summed E-state index contributed by atoms with van der Waals surface area (Å²) in [6.45, 7) is 0.590. The number of nitrogens with one attached hydrogen (secondary N) is 1. The molecule has 0 atom stereocenters. The lowest BCUT2D eigenvalue weighted by Crippen LogP contribution is -2.57. The van der Waals surface area contributed by atoms with Crippen LogP contribution in [0.3, 0.4) is 0 Å². The van der Waals surface area contributed by atoms with Crippen LogP contribution >= 0.6 is 0 Å². The third-order valence-corrected chi connectivity index (χ3v) is 5.49. The predicted octanol–water partition coefficient (Wildman–Crippen LogP) is 1.05. The van der Waals surface area contributed by atoms with Crippen molar-refractivity contribution in [1.82, 2.24) is 14.7 Å². The Morgan fingerprint density at radius 2 is 1.93 bits per heavy atom. The Morgan fingerprint density at radius 3 is 2.57 bits per heavy atom. The van der Waals surface area contributed by atoms with Crippen LogP contribution in [0.2, 0.25) is 0 Å². The second kappa shape index (κ2) is 8.89. The molecule has 0 radical (unpaired) electrons. The lowest BCUT2D eigenvalue weighted by molar-refractivity contribution is 0.0372. The van der Waals surface area contributed by atoms with Crippen molar-refractivity contribution in [2.45, 2.75) is 44.6 Å². The number of rotatable bonds is 8. The van der Waals surface area contributed by atoms with Gasteiger partial charge in [0, 0.05) is 6.20 Å². The molecule has 4 N–H and O–H groups in total. The van der Waals surface area contributed by atoms with Gasteiger partial charge < -0.3 is 25.4 Å². The van der Waals surface area contributed by atoms with Crippen LogP contribution in [0.25, 0.3) is 5.65 Å². The number of amides is 1. The minimum Gasteiger partial charge on any atom is -0.489 e. The minimum absolute atomic E-state index is 0.276. The van der Waals surface area contributed by atoms with E-state index in [1.807, 2.05) is 6.07 Å². The van der Waals surface area contributed by atoms with Crippen LogP contribution in [0.15, 0.2) is 18.3 Å². The molecular weight excluding hydrogens is 362 g/mol. The molecule has 1 saturated carbocycles. The van der Waals surface area contributed by atoms with Crippen LogP contribution in [0, 0.1) is 12.8 Å². The molecule has 28 heavy (non-hydrogen) atoms. The molecule has 8 nitrogen and oxygen atoms in total. The molecule has 154 valence electrons. The molecule has 8 heteroatoms. The van der Waals surface area contributed by atoms with Crippen LogP contribution in [0.5, 0.6) is 5.75 Å². The number of carbonyl (C=O) groups excluding carboxylic acids is 1. The molecule has 2 aromatic heterocycles. The van der Waals surface area contributed by atoms with Gasteiger partial charge in [-0.3, -0.25) is 9.20 Å². The largest absolute Gasteiger partial charge is 0.489 e. The maximum absolute atomic E-state index is 12.8. The highest BCUT2D eigenvalue weighted by Crippen LogP contribution is 2.27. The van der Waals surface area contributed by atoms with Crippen LogP contribution in [0.4, 0.5) is 0 Å². The van der Waals surface area contributed by atoms with Crippen LogP contribution in [-0.4, -0.2) is 62.6 Å². The van der Waals surface area contributed by atoms with Crippen LogP contribution in [-0.2, 0) is 0 Å². The summed E-state index contributed by atoms with van der Waals surface area (Å²) in [6, 6.07) is 3.63. The number of pyridine rings is 1. The molecule has 0 saturated heterocycles. The molecule has 2 heterocycles. The van der Waals surface area contributed by atoms with Crippen molar-refractivity contribution in [3.63, 3.8) is 0 Å². The Bertz CT molecular complexity index is 801. The van der Waals surface area contributed by atoms with Gasteiger partial charge in [-0.2, -0.15) is 0 Å². The first kappa shape index (κ1) is 20.6. The standard InChI is InChI=1S/C20H29N3O5/c1-14-17(19(27)22-20(11-24,12-25)13-26)23-9-5-8-16(18(23)21-14)28-10-15-6-3-2-4-7-15/h5,8-9,15,24-26H,2-4,6-7,10-13H2,1H3,(H,22,27). The monoisotopic (exact) mass is 391 g/mol. The van der Waals surface area contributed by atoms with E-state index in [1.54, 1.807) is 23.6 Å². The number of fused-ring (bicyclic) bond motifs is 1. The molecule has 1 aliphatic carbocycles. The summed E-state index contributed by atoms with van der Waals surface area (Å²) < 4.78 is 7.67. The van der Waals surface area contributed by atoms with Gasteiger partial charge in [0.2, 0.25) is 0 Å². The van der Waals surface area contributed by atoms with Gasteiger partial charge in [0.1, 0.15) is 11.2 Å². The minimum atomic E-state index is -1.50. The van der Waals surface area contributed by atoms with Gasteiger partial charge in [-0.1, -0.05) is 19.3 Å². The number of aliphatic hydroxyl groups excluding tert-OH is 3. The fourth-order valence-electron chi connectivity index (χ4n) is 3.67. The number of aromatic nitrogens is 2. The van der Waals surface area contributed by atoms with Crippen molar-refractivity contribution >= 4 is 11.6 Å². The van der Waals surface area contributed by atoms with Gasteiger partial charge in [0.15, 0.2) is 11.4 Å². The quantitative estimate of drug-likeness (QED) is 0.534. The Balaban J connectivity index is 1.84. The fourth-order valence-corrected chi connectivity index (χ4v) is 3.67. The molecule has 0 aromatic carbocycles. The van der Waals surface area contributed by atoms with E-state index in [2.05, 4.69) is 10.3 Å². The third-order valence-electron chi connectivity index (χ3n) is 5.49. The second-order valence-corrected chi connectivity index (χ2v) is 7.64. The van der Waals surface area contributed by atoms with Crippen molar-refractivity contribution < 1.29 is 24.9 Å². The van der Waals surface area contributed by atoms with Crippen LogP contribution in [0.1, 0.15) is 48.3 Å². The lowest BCUT2D eigenvalue weighted by atomic mass is 9.90. The molecule has 2 aromatic rings. The molecule has 1 aliphatic rings. The molecular formula is C20H29N3O5. The number of hydrogen-bond acceptors (Lipinski definition) is 6. The molecule has 0 unspecified atom stereocenters. The molecule has 1 amide bonds. The summed E-state index contributed by atoms with van der Waals surface area (Å²) in [5.41, 5.74) is -0.182. The lowest BCUT2D eigenvalue weighted by Gasteiger charge is -2.28. The zero-order valence-electron chi connectivity index (χ0n) is 16.2. The molecule has 3 rings (SSSR count). The molecule has 0 bridgehead atoms. The number of aryl methyl sites for hydroxylation is 1. The summed E-state index contributed by atoms with van der Waals surface area (Å²) in [7, 11) is 0. The van der Waals surface area contributed by atoms with Gasteiger partial charge in [-0.15, -0.1) is 0 Å². The zero-order chi connectivity index (χ0) is 20.1. The number of imidazole rings is 1. The first-order valence-corrected chi connectivity index (χ1v) is 9.79. The van der Waals surface area contributed by atoms with E-state index in [0.717, 1.165) is 0 Å². The predicted molar refractivity (Wildman–Crippen MR) is 103 cm³/mol. The van der Waals surface area contributed by atoms with E-state index in [4.69, 9.17) is 4.74 Å². The highest BCUT2D eigenvalue weighted by Gasteiger charge is 2.32. The Hall–Kier alpha value is -2.16. The first-order valence-electron chi connectivity index (χ1n) is 9.79. The number of aliphatic hydroxyl groups is 3. The van der Waals surface area contributed by atoms with E-state index in [-0.39, 0.29) is 5.69 Å². The zero-order valence-corrected chi connectivity index (χ0v) is 16.2. The summed E-state index contributed by atoms with van der Waals surface area (Å²) >= 11 is 0. The number of nitrogens with zero attached hydrogens (tertiary/aromatic N) is 2. The summed E-state index contributed by atoms with van der Waals surface area (Å²) in [5, 5.41) is 30.9. The van der Waals surface area contributed by atoms with Crippen molar-refractivity contribution in [2.75, 3.05) is 26.4 Å². The number of ether oxygens (including phenoxy) is 1. The van der Waals surface area contributed by atoms with Crippen LogP contribution < -0.4 is 10.1 Å². The first-order chi connectivity index (χ1) is 13.5. The maximum atomic E-state index is 12.8. The number of carbonyl (C=O) groups is 1. The smallest absolute Gasteiger partial charge is 0.270 e.